The molecule has 0 radical (unpaired) electrons. The lowest BCUT2D eigenvalue weighted by atomic mass is 10.2. The Hall–Kier alpha value is -2.87. The molecule has 0 bridgehead atoms. The quantitative estimate of drug-likeness (QED) is 0.420. The van der Waals surface area contributed by atoms with Gasteiger partial charge in [0.15, 0.2) is 5.16 Å². The van der Waals surface area contributed by atoms with Crippen molar-refractivity contribution >= 4 is 23.4 Å². The molecule has 0 atom stereocenters. The van der Waals surface area contributed by atoms with Crippen molar-refractivity contribution in [2.75, 3.05) is 5.73 Å². The van der Waals surface area contributed by atoms with Crippen molar-refractivity contribution in [2.45, 2.75) is 17.5 Å². The summed E-state index contributed by atoms with van der Waals surface area (Å²) < 4.78 is 1.80. The zero-order valence-electron chi connectivity index (χ0n) is 12.7. The number of aromatic nitrogens is 3. The van der Waals surface area contributed by atoms with Crippen LogP contribution in [0.3, 0.4) is 0 Å². The van der Waals surface area contributed by atoms with Crippen LogP contribution in [0.4, 0.5) is 11.6 Å². The van der Waals surface area contributed by atoms with E-state index in [1.165, 1.54) is 17.7 Å². The molecule has 0 aliphatic carbocycles. The number of benzene rings is 2. The Morgan fingerprint density at radius 3 is 2.42 bits per heavy atom. The highest BCUT2D eigenvalue weighted by molar-refractivity contribution is 7.98. The molecule has 1 aromatic heterocycles. The number of hydrogen-bond donors (Lipinski definition) is 1. The molecule has 0 fully saturated rings. The van der Waals surface area contributed by atoms with Gasteiger partial charge in [0.25, 0.3) is 5.69 Å². The molecule has 0 saturated heterocycles. The first-order chi connectivity index (χ1) is 11.6. The third-order valence-corrected chi connectivity index (χ3v) is 4.48. The van der Waals surface area contributed by atoms with Gasteiger partial charge in [0.1, 0.15) is 0 Å². The Morgan fingerprint density at radius 1 is 1.04 bits per heavy atom. The normalized spacial score (nSPS) is 10.7. The number of nitro groups is 1. The molecule has 3 aromatic rings. The van der Waals surface area contributed by atoms with Gasteiger partial charge in [-0.05, 0) is 11.1 Å². The van der Waals surface area contributed by atoms with Crippen LogP contribution in [0.25, 0.3) is 0 Å². The lowest BCUT2D eigenvalue weighted by Crippen LogP contribution is -2.06. The molecule has 0 saturated carbocycles. The first-order valence-corrected chi connectivity index (χ1v) is 8.21. The Morgan fingerprint density at radius 2 is 1.75 bits per heavy atom. The summed E-state index contributed by atoms with van der Waals surface area (Å²) in [7, 11) is 0. The van der Waals surface area contributed by atoms with E-state index in [0.29, 0.717) is 12.5 Å². The number of nitrogen functional groups attached to an aromatic ring is 1. The fraction of sp³-hybridized carbons (Fsp3) is 0.125. The SMILES string of the molecule is Nc1nnc(SCc2ccccc2)n1Cc1ccc([N+](=O)[O-])cc1. The standard InChI is InChI=1S/C16H15N5O2S/c17-15-18-19-16(24-11-13-4-2-1-3-5-13)20(15)10-12-6-8-14(9-7-12)21(22)23/h1-9H,10-11H2,(H2,17,18). The molecule has 1 heterocycles. The van der Waals surface area contributed by atoms with Crippen LogP contribution in [-0.2, 0) is 12.3 Å². The van der Waals surface area contributed by atoms with E-state index in [9.17, 15) is 10.1 Å². The molecular weight excluding hydrogens is 326 g/mol. The van der Waals surface area contributed by atoms with E-state index in [1.54, 1.807) is 28.5 Å². The van der Waals surface area contributed by atoms with Crippen LogP contribution in [0.1, 0.15) is 11.1 Å². The summed E-state index contributed by atoms with van der Waals surface area (Å²) >= 11 is 1.55. The number of nitro benzene ring substituents is 1. The van der Waals surface area contributed by atoms with Crippen LogP contribution in [0.5, 0.6) is 0 Å². The molecule has 2 N–H and O–H groups in total. The molecule has 3 rings (SSSR count). The van der Waals surface area contributed by atoms with Crippen molar-refractivity contribution in [3.8, 4) is 0 Å². The molecule has 0 amide bonds. The van der Waals surface area contributed by atoms with Gasteiger partial charge in [-0.1, -0.05) is 54.2 Å². The number of nitrogens with zero attached hydrogens (tertiary/aromatic N) is 4. The predicted molar refractivity (Wildman–Crippen MR) is 92.6 cm³/mol. The minimum Gasteiger partial charge on any atom is -0.368 e. The van der Waals surface area contributed by atoms with E-state index in [-0.39, 0.29) is 5.69 Å². The second-order valence-corrected chi connectivity index (χ2v) is 6.07. The van der Waals surface area contributed by atoms with E-state index < -0.39 is 4.92 Å². The van der Waals surface area contributed by atoms with Crippen molar-refractivity contribution in [3.63, 3.8) is 0 Å². The maximum absolute atomic E-state index is 10.7. The minimum atomic E-state index is -0.419. The topological polar surface area (TPSA) is 99.9 Å². The van der Waals surface area contributed by atoms with Crippen molar-refractivity contribution < 1.29 is 4.92 Å². The van der Waals surface area contributed by atoms with Gasteiger partial charge >= 0.3 is 0 Å². The van der Waals surface area contributed by atoms with Gasteiger partial charge in [-0.3, -0.25) is 14.7 Å². The number of rotatable bonds is 6. The van der Waals surface area contributed by atoms with Gasteiger partial charge in [-0.25, -0.2) is 0 Å². The summed E-state index contributed by atoms with van der Waals surface area (Å²) in [5.41, 5.74) is 8.05. The van der Waals surface area contributed by atoms with E-state index in [2.05, 4.69) is 10.2 Å². The number of nitrogens with two attached hydrogens (primary N) is 1. The molecule has 2 aromatic carbocycles. The van der Waals surface area contributed by atoms with Crippen molar-refractivity contribution in [2.24, 2.45) is 0 Å². The van der Waals surface area contributed by atoms with Gasteiger partial charge < -0.3 is 5.73 Å². The zero-order chi connectivity index (χ0) is 16.9. The number of hydrogen-bond acceptors (Lipinski definition) is 6. The Labute approximate surface area is 142 Å². The number of anilines is 1. The lowest BCUT2D eigenvalue weighted by Gasteiger charge is -2.08. The van der Waals surface area contributed by atoms with Crippen LogP contribution >= 0.6 is 11.8 Å². The summed E-state index contributed by atoms with van der Waals surface area (Å²) in [4.78, 5) is 10.3. The predicted octanol–water partition coefficient (Wildman–Crippen LogP) is 3.11. The zero-order valence-corrected chi connectivity index (χ0v) is 13.5. The average Bonchev–Trinajstić information content (AvgIpc) is 2.94. The Balaban J connectivity index is 1.73. The van der Waals surface area contributed by atoms with Crippen LogP contribution in [0, 0.1) is 10.1 Å². The Kier molecular flexibility index (Phi) is 4.76. The summed E-state index contributed by atoms with van der Waals surface area (Å²) in [6.45, 7) is 0.466. The van der Waals surface area contributed by atoms with Gasteiger partial charge in [0.05, 0.1) is 11.5 Å². The molecule has 122 valence electrons. The van der Waals surface area contributed by atoms with Gasteiger partial charge in [-0.15, -0.1) is 10.2 Å². The molecule has 8 heteroatoms. The van der Waals surface area contributed by atoms with Gasteiger partial charge in [0.2, 0.25) is 5.95 Å². The van der Waals surface area contributed by atoms with E-state index in [0.717, 1.165) is 16.5 Å². The average molecular weight is 341 g/mol. The molecule has 0 aliphatic heterocycles. The van der Waals surface area contributed by atoms with Crippen molar-refractivity contribution in [1.82, 2.24) is 14.8 Å². The summed E-state index contributed by atoms with van der Waals surface area (Å²) in [5.74, 6) is 1.09. The Bertz CT molecular complexity index is 833. The minimum absolute atomic E-state index is 0.0640. The van der Waals surface area contributed by atoms with Crippen LogP contribution < -0.4 is 5.73 Å². The maximum atomic E-state index is 10.7. The van der Waals surface area contributed by atoms with Crippen LogP contribution in [-0.4, -0.2) is 19.7 Å². The van der Waals surface area contributed by atoms with Crippen LogP contribution in [0.15, 0.2) is 59.8 Å². The second-order valence-electron chi connectivity index (χ2n) is 5.12. The lowest BCUT2D eigenvalue weighted by molar-refractivity contribution is -0.384. The van der Waals surface area contributed by atoms with E-state index >= 15 is 0 Å². The highest BCUT2D eigenvalue weighted by Crippen LogP contribution is 2.24. The maximum Gasteiger partial charge on any atom is 0.269 e. The first-order valence-electron chi connectivity index (χ1n) is 7.22. The fourth-order valence-electron chi connectivity index (χ4n) is 2.18. The van der Waals surface area contributed by atoms with Crippen molar-refractivity contribution in [3.05, 3.63) is 75.8 Å². The largest absolute Gasteiger partial charge is 0.368 e. The molecule has 0 aliphatic rings. The monoisotopic (exact) mass is 341 g/mol. The highest BCUT2D eigenvalue weighted by Gasteiger charge is 2.12. The second kappa shape index (κ2) is 7.14. The molecule has 7 nitrogen and oxygen atoms in total. The molecule has 0 unspecified atom stereocenters. The highest BCUT2D eigenvalue weighted by atomic mass is 32.2. The van der Waals surface area contributed by atoms with Crippen LogP contribution in [0.2, 0.25) is 0 Å². The van der Waals surface area contributed by atoms with E-state index in [4.69, 9.17) is 5.73 Å². The summed E-state index contributed by atoms with van der Waals surface area (Å²) in [6.07, 6.45) is 0. The van der Waals surface area contributed by atoms with Crippen molar-refractivity contribution in [1.29, 1.82) is 0 Å². The summed E-state index contributed by atoms with van der Waals surface area (Å²) in [6, 6.07) is 16.4. The molecular formula is C16H15N5O2S. The van der Waals surface area contributed by atoms with E-state index in [1.807, 2.05) is 30.3 Å². The number of thioether (sulfide) groups is 1. The third-order valence-electron chi connectivity index (χ3n) is 3.44. The van der Waals surface area contributed by atoms with Gasteiger partial charge in [0, 0.05) is 17.9 Å². The smallest absolute Gasteiger partial charge is 0.269 e. The first kappa shape index (κ1) is 16.0. The molecule has 24 heavy (non-hydrogen) atoms. The molecule has 0 spiro atoms. The fourth-order valence-corrected chi connectivity index (χ4v) is 3.08. The summed E-state index contributed by atoms with van der Waals surface area (Å²) in [5, 5.41) is 19.5. The third kappa shape index (κ3) is 3.72. The van der Waals surface area contributed by atoms with Gasteiger partial charge in [-0.2, -0.15) is 0 Å². The number of non-ortho nitro benzene ring substituents is 1.